The van der Waals surface area contributed by atoms with Gasteiger partial charge in [0.1, 0.15) is 5.82 Å². The highest BCUT2D eigenvalue weighted by Gasteiger charge is 2.27. The number of nitrogens with one attached hydrogen (secondary N) is 1. The summed E-state index contributed by atoms with van der Waals surface area (Å²) >= 11 is 0. The van der Waals surface area contributed by atoms with Crippen molar-refractivity contribution in [3.05, 3.63) is 29.6 Å². The fraction of sp³-hybridized carbons (Fsp3) is 0.625. The van der Waals surface area contributed by atoms with E-state index in [4.69, 9.17) is 0 Å². The van der Waals surface area contributed by atoms with E-state index in [0.29, 0.717) is 0 Å². The topological polar surface area (TPSA) is 18.5 Å². The molecule has 0 atom stereocenters. The first-order valence-corrected chi connectivity index (χ1v) is 7.67. The van der Waals surface area contributed by atoms with Gasteiger partial charge in [-0.05, 0) is 37.4 Å². The molecule has 0 amide bonds. The molecule has 1 aliphatic heterocycles. The number of rotatable bonds is 5. The largest absolute Gasteiger partial charge is 0.366 e. The van der Waals surface area contributed by atoms with Crippen LogP contribution in [0.1, 0.15) is 18.4 Å². The molecule has 110 valence electrons. The number of piperazine rings is 1. The van der Waals surface area contributed by atoms with Crippen LogP contribution < -0.4 is 10.2 Å². The van der Waals surface area contributed by atoms with Crippen LogP contribution in [-0.4, -0.2) is 44.7 Å². The molecule has 1 aliphatic carbocycles. The molecule has 3 rings (SSSR count). The SMILES string of the molecule is CNCc1cccc(F)c1N1CCN(CC2CC2)CC1. The van der Waals surface area contributed by atoms with Crippen molar-refractivity contribution in [1.29, 1.82) is 0 Å². The van der Waals surface area contributed by atoms with E-state index in [9.17, 15) is 4.39 Å². The lowest BCUT2D eigenvalue weighted by molar-refractivity contribution is 0.247. The summed E-state index contributed by atoms with van der Waals surface area (Å²) in [5, 5.41) is 3.13. The van der Waals surface area contributed by atoms with E-state index < -0.39 is 0 Å². The fourth-order valence-corrected chi connectivity index (χ4v) is 3.07. The Morgan fingerprint density at radius 2 is 1.95 bits per heavy atom. The van der Waals surface area contributed by atoms with Gasteiger partial charge < -0.3 is 10.2 Å². The lowest BCUT2D eigenvalue weighted by atomic mass is 10.1. The molecule has 0 unspecified atom stereocenters. The molecule has 0 radical (unpaired) electrons. The molecule has 2 fully saturated rings. The third kappa shape index (κ3) is 3.13. The predicted molar refractivity (Wildman–Crippen MR) is 80.5 cm³/mol. The number of anilines is 1. The quantitative estimate of drug-likeness (QED) is 0.889. The summed E-state index contributed by atoms with van der Waals surface area (Å²) in [4.78, 5) is 4.75. The van der Waals surface area contributed by atoms with Crippen LogP contribution in [0.4, 0.5) is 10.1 Å². The van der Waals surface area contributed by atoms with Gasteiger partial charge in [-0.2, -0.15) is 0 Å². The molecule has 1 aromatic rings. The molecule has 1 saturated carbocycles. The number of benzene rings is 1. The molecule has 0 spiro atoms. The first-order chi connectivity index (χ1) is 9.78. The Morgan fingerprint density at radius 3 is 2.60 bits per heavy atom. The lowest BCUT2D eigenvalue weighted by Crippen LogP contribution is -2.47. The molecule has 1 aromatic carbocycles. The second-order valence-corrected chi connectivity index (χ2v) is 6.01. The highest BCUT2D eigenvalue weighted by molar-refractivity contribution is 5.55. The monoisotopic (exact) mass is 277 g/mol. The van der Waals surface area contributed by atoms with E-state index >= 15 is 0 Å². The summed E-state index contributed by atoms with van der Waals surface area (Å²) in [6.45, 7) is 5.95. The molecule has 0 aromatic heterocycles. The molecule has 20 heavy (non-hydrogen) atoms. The normalized spacial score (nSPS) is 20.4. The minimum Gasteiger partial charge on any atom is -0.366 e. The van der Waals surface area contributed by atoms with Crippen molar-refractivity contribution in [2.75, 3.05) is 44.7 Å². The smallest absolute Gasteiger partial charge is 0.146 e. The molecule has 2 aliphatic rings. The van der Waals surface area contributed by atoms with E-state index in [-0.39, 0.29) is 5.82 Å². The van der Waals surface area contributed by atoms with Crippen LogP contribution in [0.2, 0.25) is 0 Å². The van der Waals surface area contributed by atoms with Gasteiger partial charge in [-0.25, -0.2) is 4.39 Å². The number of para-hydroxylation sites is 1. The highest BCUT2D eigenvalue weighted by Crippen LogP contribution is 2.31. The number of hydrogen-bond donors (Lipinski definition) is 1. The van der Waals surface area contributed by atoms with Gasteiger partial charge in [0.05, 0.1) is 5.69 Å². The standard InChI is InChI=1S/C16H24FN3/c1-18-11-14-3-2-4-15(17)16(14)20-9-7-19(8-10-20)12-13-5-6-13/h2-4,13,18H,5-12H2,1H3. The number of hydrogen-bond acceptors (Lipinski definition) is 3. The van der Waals surface area contributed by atoms with Crippen LogP contribution in [0.5, 0.6) is 0 Å². The molecule has 1 saturated heterocycles. The van der Waals surface area contributed by atoms with Crippen molar-refractivity contribution in [2.24, 2.45) is 5.92 Å². The van der Waals surface area contributed by atoms with E-state index in [1.165, 1.54) is 19.4 Å². The molecule has 3 nitrogen and oxygen atoms in total. The third-order valence-electron chi connectivity index (χ3n) is 4.34. The van der Waals surface area contributed by atoms with Gasteiger partial charge in [0, 0.05) is 39.3 Å². The van der Waals surface area contributed by atoms with Crippen LogP contribution in [0, 0.1) is 11.7 Å². The molecular formula is C16H24FN3. The van der Waals surface area contributed by atoms with Crippen molar-refractivity contribution in [3.63, 3.8) is 0 Å². The molecule has 4 heteroatoms. The number of nitrogens with zero attached hydrogens (tertiary/aromatic N) is 2. The summed E-state index contributed by atoms with van der Waals surface area (Å²) in [5.41, 5.74) is 1.86. The van der Waals surface area contributed by atoms with Crippen molar-refractivity contribution in [3.8, 4) is 0 Å². The van der Waals surface area contributed by atoms with Crippen LogP contribution in [-0.2, 0) is 6.54 Å². The molecule has 0 bridgehead atoms. The fourth-order valence-electron chi connectivity index (χ4n) is 3.07. The third-order valence-corrected chi connectivity index (χ3v) is 4.34. The average Bonchev–Trinajstić information content (AvgIpc) is 3.25. The minimum atomic E-state index is -0.0895. The van der Waals surface area contributed by atoms with E-state index in [1.807, 2.05) is 13.1 Å². The van der Waals surface area contributed by atoms with Gasteiger partial charge in [-0.15, -0.1) is 0 Å². The highest BCUT2D eigenvalue weighted by atomic mass is 19.1. The zero-order valence-corrected chi connectivity index (χ0v) is 12.2. The maximum atomic E-state index is 14.2. The van der Waals surface area contributed by atoms with Gasteiger partial charge in [-0.3, -0.25) is 4.90 Å². The van der Waals surface area contributed by atoms with Gasteiger partial charge in [-0.1, -0.05) is 12.1 Å². The van der Waals surface area contributed by atoms with Gasteiger partial charge in [0.15, 0.2) is 0 Å². The maximum absolute atomic E-state index is 14.2. The molecule has 1 heterocycles. The first kappa shape index (κ1) is 13.8. The zero-order valence-electron chi connectivity index (χ0n) is 12.2. The van der Waals surface area contributed by atoms with Crippen molar-refractivity contribution < 1.29 is 4.39 Å². The maximum Gasteiger partial charge on any atom is 0.146 e. The van der Waals surface area contributed by atoms with E-state index in [1.54, 1.807) is 12.1 Å². The summed E-state index contributed by atoms with van der Waals surface area (Å²) in [6, 6.07) is 5.39. The van der Waals surface area contributed by atoms with Gasteiger partial charge in [0.25, 0.3) is 0 Å². The Labute approximate surface area is 120 Å². The Bertz CT molecular complexity index is 451. The van der Waals surface area contributed by atoms with Crippen molar-refractivity contribution >= 4 is 5.69 Å². The predicted octanol–water partition coefficient (Wildman–Crippen LogP) is 2.08. The zero-order chi connectivity index (χ0) is 13.9. The summed E-state index contributed by atoms with van der Waals surface area (Å²) in [7, 11) is 1.91. The molecule has 1 N–H and O–H groups in total. The second kappa shape index (κ2) is 6.10. The second-order valence-electron chi connectivity index (χ2n) is 6.01. The number of halogens is 1. The minimum absolute atomic E-state index is 0.0895. The van der Waals surface area contributed by atoms with Crippen LogP contribution in [0.25, 0.3) is 0 Å². The Kier molecular flexibility index (Phi) is 4.22. The molecular weight excluding hydrogens is 253 g/mol. The average molecular weight is 277 g/mol. The van der Waals surface area contributed by atoms with Crippen LogP contribution in [0.15, 0.2) is 18.2 Å². The van der Waals surface area contributed by atoms with Crippen LogP contribution >= 0.6 is 0 Å². The van der Waals surface area contributed by atoms with E-state index in [0.717, 1.165) is 49.9 Å². The lowest BCUT2D eigenvalue weighted by Gasteiger charge is -2.37. The van der Waals surface area contributed by atoms with E-state index in [2.05, 4.69) is 15.1 Å². The first-order valence-electron chi connectivity index (χ1n) is 7.67. The Hall–Kier alpha value is -1.13. The van der Waals surface area contributed by atoms with Gasteiger partial charge >= 0.3 is 0 Å². The Morgan fingerprint density at radius 1 is 1.20 bits per heavy atom. The van der Waals surface area contributed by atoms with Crippen molar-refractivity contribution in [1.82, 2.24) is 10.2 Å². The van der Waals surface area contributed by atoms with Crippen LogP contribution in [0.3, 0.4) is 0 Å². The summed E-state index contributed by atoms with van der Waals surface area (Å²) in [5.74, 6) is 0.850. The van der Waals surface area contributed by atoms with Crippen molar-refractivity contribution in [2.45, 2.75) is 19.4 Å². The summed E-state index contributed by atoms with van der Waals surface area (Å²) < 4.78 is 14.2. The van der Waals surface area contributed by atoms with Gasteiger partial charge in [0.2, 0.25) is 0 Å². The Balaban J connectivity index is 1.67. The summed E-state index contributed by atoms with van der Waals surface area (Å²) in [6.07, 6.45) is 2.81.